The molecule has 0 aromatic carbocycles. The fourth-order valence-corrected chi connectivity index (χ4v) is 4.70. The molecule has 1 aromatic heterocycles. The molecule has 0 radical (unpaired) electrons. The van der Waals surface area contributed by atoms with Gasteiger partial charge in [0, 0.05) is 32.1 Å². The average Bonchev–Trinajstić information content (AvgIpc) is 3.07. The third-order valence-electron chi connectivity index (χ3n) is 5.66. The summed E-state index contributed by atoms with van der Waals surface area (Å²) in [7, 11) is 0. The smallest absolute Gasteiger partial charge is 0.234 e. The maximum atomic E-state index is 12.2. The van der Waals surface area contributed by atoms with Crippen LogP contribution >= 0.6 is 0 Å². The number of hydrogen-bond acceptors (Lipinski definition) is 4. The number of nitrogens with one attached hydrogen (secondary N) is 1. The van der Waals surface area contributed by atoms with E-state index < -0.39 is 0 Å². The first-order chi connectivity index (χ1) is 11.7. The molecular formula is C18H25N3O3. The normalized spacial score (nSPS) is 30.1. The summed E-state index contributed by atoms with van der Waals surface area (Å²) in [5, 5.41) is 2.92. The lowest BCUT2D eigenvalue weighted by molar-refractivity contribution is -0.145. The Balaban J connectivity index is 1.32. The molecule has 1 N–H and O–H groups in total. The van der Waals surface area contributed by atoms with Gasteiger partial charge in [0.05, 0.1) is 19.4 Å². The largest absolute Gasteiger partial charge is 0.467 e. The lowest BCUT2D eigenvalue weighted by atomic mass is 9.76. The average molecular weight is 331 g/mol. The van der Waals surface area contributed by atoms with Crippen LogP contribution in [0.2, 0.25) is 0 Å². The molecule has 0 aliphatic carbocycles. The van der Waals surface area contributed by atoms with Crippen LogP contribution in [0.25, 0.3) is 0 Å². The van der Waals surface area contributed by atoms with Gasteiger partial charge >= 0.3 is 0 Å². The van der Waals surface area contributed by atoms with Gasteiger partial charge in [-0.3, -0.25) is 14.5 Å². The SMILES string of the molecule is O=C(CN1CC2CC(C1)[C@H]1CCCC(=O)N1C2)NCc1ccco1. The second kappa shape index (κ2) is 6.59. The first-order valence-corrected chi connectivity index (χ1v) is 9.00. The van der Waals surface area contributed by atoms with E-state index >= 15 is 0 Å². The van der Waals surface area contributed by atoms with Gasteiger partial charge in [-0.25, -0.2) is 0 Å². The first kappa shape index (κ1) is 15.7. The lowest BCUT2D eigenvalue weighted by Crippen LogP contribution is -2.61. The molecule has 6 heteroatoms. The topological polar surface area (TPSA) is 65.8 Å². The van der Waals surface area contributed by atoms with Crippen LogP contribution in [0.3, 0.4) is 0 Å². The summed E-state index contributed by atoms with van der Waals surface area (Å²) in [5.74, 6) is 2.20. The Morgan fingerprint density at radius 2 is 2.25 bits per heavy atom. The summed E-state index contributed by atoms with van der Waals surface area (Å²) < 4.78 is 5.24. The predicted molar refractivity (Wildman–Crippen MR) is 87.9 cm³/mol. The van der Waals surface area contributed by atoms with Gasteiger partial charge in [0.15, 0.2) is 0 Å². The number of likely N-dealkylation sites (tertiary alicyclic amines) is 1. The minimum atomic E-state index is 0.0444. The van der Waals surface area contributed by atoms with Gasteiger partial charge in [-0.15, -0.1) is 0 Å². The summed E-state index contributed by atoms with van der Waals surface area (Å²) in [6.45, 7) is 3.61. The quantitative estimate of drug-likeness (QED) is 0.901. The Kier molecular flexibility index (Phi) is 4.31. The van der Waals surface area contributed by atoms with Gasteiger partial charge < -0.3 is 14.6 Å². The van der Waals surface area contributed by atoms with Crippen molar-refractivity contribution in [3.05, 3.63) is 24.2 Å². The molecule has 4 heterocycles. The van der Waals surface area contributed by atoms with Crippen LogP contribution in [0.4, 0.5) is 0 Å². The number of piperidine rings is 3. The number of rotatable bonds is 4. The zero-order valence-electron chi connectivity index (χ0n) is 13.9. The van der Waals surface area contributed by atoms with E-state index in [0.29, 0.717) is 36.9 Å². The zero-order chi connectivity index (χ0) is 16.5. The molecule has 2 amide bonds. The molecule has 4 rings (SSSR count). The van der Waals surface area contributed by atoms with Crippen molar-refractivity contribution in [3.63, 3.8) is 0 Å². The molecule has 6 nitrogen and oxygen atoms in total. The van der Waals surface area contributed by atoms with E-state index in [4.69, 9.17) is 4.42 Å². The van der Waals surface area contributed by atoms with E-state index in [-0.39, 0.29) is 5.91 Å². The molecule has 3 fully saturated rings. The van der Waals surface area contributed by atoms with Crippen molar-refractivity contribution in [1.82, 2.24) is 15.1 Å². The van der Waals surface area contributed by atoms with Crippen LogP contribution in [0.15, 0.2) is 22.8 Å². The Morgan fingerprint density at radius 3 is 3.08 bits per heavy atom. The summed E-state index contributed by atoms with van der Waals surface area (Å²) >= 11 is 0. The van der Waals surface area contributed by atoms with Gasteiger partial charge in [0.2, 0.25) is 11.8 Å². The molecule has 0 spiro atoms. The molecule has 3 aliphatic rings. The third kappa shape index (κ3) is 3.20. The molecular weight excluding hydrogens is 306 g/mol. The second-order valence-electron chi connectivity index (χ2n) is 7.42. The molecule has 3 aliphatic heterocycles. The van der Waals surface area contributed by atoms with Crippen LogP contribution in [0.5, 0.6) is 0 Å². The lowest BCUT2D eigenvalue weighted by Gasteiger charge is -2.52. The predicted octanol–water partition coefficient (Wildman–Crippen LogP) is 1.23. The van der Waals surface area contributed by atoms with Crippen molar-refractivity contribution < 1.29 is 14.0 Å². The molecule has 3 saturated heterocycles. The highest BCUT2D eigenvalue weighted by molar-refractivity contribution is 5.78. The maximum absolute atomic E-state index is 12.2. The minimum Gasteiger partial charge on any atom is -0.467 e. The molecule has 3 atom stereocenters. The Labute approximate surface area is 142 Å². The number of hydrogen-bond donors (Lipinski definition) is 1. The van der Waals surface area contributed by atoms with E-state index in [1.807, 2.05) is 12.1 Å². The summed E-state index contributed by atoms with van der Waals surface area (Å²) in [6, 6.07) is 4.08. The second-order valence-corrected chi connectivity index (χ2v) is 7.42. The molecule has 2 bridgehead atoms. The van der Waals surface area contributed by atoms with Crippen LogP contribution in [0.1, 0.15) is 31.4 Å². The molecule has 2 unspecified atom stereocenters. The number of fused-ring (bicyclic) bond motifs is 4. The molecule has 0 saturated carbocycles. The van der Waals surface area contributed by atoms with Crippen molar-refractivity contribution in [2.45, 2.75) is 38.3 Å². The molecule has 1 aromatic rings. The number of amides is 2. The Morgan fingerprint density at radius 1 is 1.33 bits per heavy atom. The Bertz CT molecular complexity index is 601. The van der Waals surface area contributed by atoms with Crippen molar-refractivity contribution >= 4 is 11.8 Å². The number of carbonyl (C=O) groups is 2. The highest BCUT2D eigenvalue weighted by Gasteiger charge is 2.43. The van der Waals surface area contributed by atoms with E-state index in [1.165, 1.54) is 6.42 Å². The fraction of sp³-hybridized carbons (Fsp3) is 0.667. The number of carbonyl (C=O) groups excluding carboxylic acids is 2. The molecule has 24 heavy (non-hydrogen) atoms. The van der Waals surface area contributed by atoms with E-state index in [0.717, 1.165) is 44.7 Å². The Hall–Kier alpha value is -1.82. The highest BCUT2D eigenvalue weighted by atomic mass is 16.3. The van der Waals surface area contributed by atoms with Crippen LogP contribution < -0.4 is 5.32 Å². The van der Waals surface area contributed by atoms with E-state index in [9.17, 15) is 9.59 Å². The van der Waals surface area contributed by atoms with Crippen molar-refractivity contribution in [1.29, 1.82) is 0 Å². The van der Waals surface area contributed by atoms with Gasteiger partial charge in [-0.1, -0.05) is 0 Å². The van der Waals surface area contributed by atoms with Crippen molar-refractivity contribution in [2.24, 2.45) is 11.8 Å². The van der Waals surface area contributed by atoms with Gasteiger partial charge in [0.1, 0.15) is 5.76 Å². The standard InChI is InChI=1S/C18H25N3O3/c22-17(19-8-15-3-2-6-24-15)12-20-9-13-7-14(11-20)16-4-1-5-18(23)21(16)10-13/h2-3,6,13-14,16H,1,4-5,7-12H2,(H,19,22)/t13?,14?,16-/m1/s1. The van der Waals surface area contributed by atoms with Gasteiger partial charge in [-0.05, 0) is 43.2 Å². The van der Waals surface area contributed by atoms with Crippen LogP contribution in [-0.2, 0) is 16.1 Å². The van der Waals surface area contributed by atoms with Crippen LogP contribution in [-0.4, -0.2) is 53.8 Å². The number of nitrogens with zero attached hydrogens (tertiary/aromatic N) is 2. The summed E-state index contributed by atoms with van der Waals surface area (Å²) in [5.41, 5.74) is 0. The van der Waals surface area contributed by atoms with Crippen molar-refractivity contribution in [2.75, 3.05) is 26.2 Å². The van der Waals surface area contributed by atoms with Gasteiger partial charge in [0.25, 0.3) is 0 Å². The summed E-state index contributed by atoms with van der Waals surface area (Å²) in [6.07, 6.45) is 5.69. The molecule has 130 valence electrons. The zero-order valence-corrected chi connectivity index (χ0v) is 13.9. The van der Waals surface area contributed by atoms with E-state index in [2.05, 4.69) is 15.1 Å². The fourth-order valence-electron chi connectivity index (χ4n) is 4.70. The maximum Gasteiger partial charge on any atom is 0.234 e. The van der Waals surface area contributed by atoms with E-state index in [1.54, 1.807) is 6.26 Å². The van der Waals surface area contributed by atoms with Crippen LogP contribution in [0, 0.1) is 11.8 Å². The third-order valence-corrected chi connectivity index (χ3v) is 5.66. The number of furan rings is 1. The van der Waals surface area contributed by atoms with Gasteiger partial charge in [-0.2, -0.15) is 0 Å². The first-order valence-electron chi connectivity index (χ1n) is 9.00. The highest BCUT2D eigenvalue weighted by Crippen LogP contribution is 2.37. The van der Waals surface area contributed by atoms with Crippen molar-refractivity contribution in [3.8, 4) is 0 Å². The monoisotopic (exact) mass is 331 g/mol. The minimum absolute atomic E-state index is 0.0444. The summed E-state index contributed by atoms with van der Waals surface area (Å²) in [4.78, 5) is 28.8.